The molecule has 0 atom stereocenters. The molecule has 11 aromatic rings. The second-order valence-electron chi connectivity index (χ2n) is 33.4. The Morgan fingerprint density at radius 1 is 0.442 bits per heavy atom. The number of phenols is 1. The Hall–Kier alpha value is -11.3. The largest absolute Gasteiger partial charge is 0.508 e. The van der Waals surface area contributed by atoms with Gasteiger partial charge in [0.05, 0.1) is 105 Å². The highest BCUT2D eigenvalue weighted by molar-refractivity contribution is 9.69. The van der Waals surface area contributed by atoms with Crippen molar-refractivity contribution < 1.29 is 91.7 Å². The van der Waals surface area contributed by atoms with E-state index in [1.54, 1.807) is 149 Å². The number of aromatic hydroxyl groups is 1. The number of rotatable bonds is 26. The van der Waals surface area contributed by atoms with E-state index < -0.39 is 33.3 Å². The van der Waals surface area contributed by atoms with Gasteiger partial charge in [-0.3, -0.25) is 44.2 Å². The molecule has 34 nitrogen and oxygen atoms in total. The van der Waals surface area contributed by atoms with Gasteiger partial charge in [0.2, 0.25) is 5.78 Å². The predicted octanol–water partition coefficient (Wildman–Crippen LogP) is 21.7. The number of halogens is 8. The number of ether oxygens (including phenoxy) is 6. The Morgan fingerprint density at radius 3 is 0.986 bits per heavy atom. The van der Waals surface area contributed by atoms with Gasteiger partial charge in [0, 0.05) is 43.2 Å². The standard InChI is InChI=1S/C18H23N3O2.C17H21N3O2.C14H16N2O3.C12H11ClN2O2.C12H12N2O3.C8H15Cl.C7H10N2O.C6H13N.C6H8O3.C2Cl2O2.C2H6O.BBr3.ClH/c1-13-12-17(18(22)19-14-6-4-3-5-7-14)21(20-13)15-8-10-16(23-2)11-9-15;1-12-11-16(17(22)18-13-5-3-2-4-6-13)20(19-12)14-7-9-15(21)10-8-14;1-4-19-14(17)13-9-10(2)15-16(13)11-5-7-12(18-3)8-6-11;1-8-7-11(12(13)16)15(14-8)9-3-5-10(17-2)6-4-9;1-8-7-11(12(15)16)14(13-8)9-3-5-10(17-2)6-4-9;9-7-3-6-8-4-1-2-5-8;1-10-7-4-2-6(9-8)3-5-7;7-6-4-2-1-3-5-6;1-4(7)3-6(9)5(2)8;3-1(5)2(4)6;1-2-3;2-1(3)4;/h8-12,14H,3-7H2,1-2H3,(H,19,22);7-11,13,21H,2-6H2,1H3,(H,18,22);5-9H,4H2,1-3H3;3-7H,1-2H3;3-7H,1-2H3,(H,15,16);8H,1-7H2;2-5,9H,8H2,1H3;6H,1-5,7H2;3H2,1-2H3;;3H,2H2,1H3;;1H. The molecule has 0 saturated heterocycles. The monoisotopic (exact) mass is 2320 g/mol. The molecule has 4 fully saturated rings. The number of carboxylic acid groups (broad SMARTS) is 1. The van der Waals surface area contributed by atoms with E-state index in [2.05, 4.69) is 112 Å². The van der Waals surface area contributed by atoms with Crippen LogP contribution in [0.25, 0.3) is 28.4 Å². The van der Waals surface area contributed by atoms with Crippen molar-refractivity contribution in [2.24, 2.45) is 17.5 Å². The topological polar surface area (TPSA) is 464 Å². The molecular weight excluding hydrogens is 2190 g/mol. The first kappa shape index (κ1) is 130. The molecule has 800 valence electrons. The summed E-state index contributed by atoms with van der Waals surface area (Å²) in [7, 11) is 8.05. The number of anilines is 1. The van der Waals surface area contributed by atoms with E-state index in [9.17, 15) is 53.1 Å². The lowest BCUT2D eigenvalue weighted by atomic mass is 9.95. The molecule has 5 aromatic heterocycles. The van der Waals surface area contributed by atoms with Gasteiger partial charge in [-0.25, -0.2) is 33.0 Å². The molecule has 10 N–H and O–H groups in total. The van der Waals surface area contributed by atoms with E-state index in [0.29, 0.717) is 46.8 Å². The van der Waals surface area contributed by atoms with E-state index >= 15 is 0 Å². The SMILES string of the molecule is BrB(Br)Br.CC(=O)CC(=O)C(C)=O.CCO.CCOC(=O)c1cc(C)nn1-c1ccc(OC)cc1.COc1ccc(-n2nc(C)cc2C(=O)Cl)cc1.COc1ccc(-n2nc(C)cc2C(=O)NC2CCCCC2)cc1.COc1ccc(-n2nc(C)cc2C(=O)O)cc1.COc1ccc(NN)cc1.Cc1cc(C(=O)NC2CCCCC2)n(-c2ccc(O)cc2)n1.Cl.ClCCCC1CCCC1.NC1CCCCC1.O=C(Cl)C(=O)Cl. The number of benzene rings is 6. The number of phenolic OH excluding ortho intramolecular Hbond substituents is 1. The number of hydrogen-bond acceptors (Lipinski definition) is 26. The van der Waals surface area contributed by atoms with Crippen LogP contribution in [0, 0.1) is 40.5 Å². The van der Waals surface area contributed by atoms with E-state index in [1.165, 1.54) is 132 Å². The number of nitrogen functional groups attached to an aromatic ring is 1. The number of esters is 1. The lowest BCUT2D eigenvalue weighted by molar-refractivity contribution is -0.137. The molecule has 0 bridgehead atoms. The van der Waals surface area contributed by atoms with Crippen molar-refractivity contribution in [3.63, 3.8) is 0 Å². The number of hydrazine groups is 1. The highest BCUT2D eigenvalue weighted by atomic mass is 79.9. The third-order valence-electron chi connectivity index (χ3n) is 21.9. The number of aliphatic hydroxyl groups excluding tert-OH is 1. The van der Waals surface area contributed by atoms with Gasteiger partial charge >= 0.3 is 25.6 Å². The third kappa shape index (κ3) is 49.6. The van der Waals surface area contributed by atoms with Crippen LogP contribution in [0.3, 0.4) is 0 Å². The number of carbonyl (C=O) groups is 10. The van der Waals surface area contributed by atoms with Crippen LogP contribution in [-0.2, 0) is 28.7 Å². The van der Waals surface area contributed by atoms with Gasteiger partial charge in [0.25, 0.3) is 17.1 Å². The molecule has 0 unspecified atom stereocenters. The third-order valence-corrected chi connectivity index (χ3v) is 22.8. The van der Waals surface area contributed by atoms with Gasteiger partial charge < -0.3 is 65.5 Å². The smallest absolute Gasteiger partial charge is 0.369 e. The Morgan fingerprint density at radius 2 is 0.721 bits per heavy atom. The molecule has 2 amide bonds. The average Bonchev–Trinajstić information content (AvgIpc) is 1.68. The molecule has 5 heterocycles. The van der Waals surface area contributed by atoms with Crippen molar-refractivity contribution >= 4 is 172 Å². The number of aromatic carboxylic acids is 1. The average molecular weight is 2330 g/mol. The molecule has 0 spiro atoms. The zero-order valence-electron chi connectivity index (χ0n) is 85.4. The number of ketones is 3. The predicted molar refractivity (Wildman–Crippen MR) is 590 cm³/mol. The van der Waals surface area contributed by atoms with Crippen molar-refractivity contribution in [2.45, 2.75) is 222 Å². The number of aliphatic hydroxyl groups is 1. The molecule has 6 aromatic carbocycles. The van der Waals surface area contributed by atoms with Crippen molar-refractivity contribution in [3.8, 4) is 62.9 Å². The minimum atomic E-state index is -1.14. The van der Waals surface area contributed by atoms with Gasteiger partial charge in [-0.1, -0.05) is 83.5 Å². The lowest BCUT2D eigenvalue weighted by Gasteiger charge is -2.22. The molecule has 4 aliphatic rings. The molecule has 4 saturated carbocycles. The molecule has 0 radical (unpaired) electrons. The Bertz CT molecular complexity index is 5640. The minimum Gasteiger partial charge on any atom is -0.508 e. The van der Waals surface area contributed by atoms with Crippen LogP contribution in [0.4, 0.5) is 5.69 Å². The summed E-state index contributed by atoms with van der Waals surface area (Å²) in [5.41, 5.74) is 18.7. The summed E-state index contributed by atoms with van der Waals surface area (Å²) in [5, 5.41) is 51.0. The van der Waals surface area contributed by atoms with Gasteiger partial charge in [-0.15, -0.1) is 71.3 Å². The summed E-state index contributed by atoms with van der Waals surface area (Å²) in [5.74, 6) is 8.14. The number of nitrogens with one attached hydrogen (secondary N) is 3. The van der Waals surface area contributed by atoms with E-state index in [1.807, 2.05) is 119 Å². The number of amides is 2. The van der Waals surface area contributed by atoms with E-state index in [0.717, 1.165) is 124 Å². The van der Waals surface area contributed by atoms with Crippen molar-refractivity contribution in [2.75, 3.05) is 60.1 Å². The summed E-state index contributed by atoms with van der Waals surface area (Å²) in [6.07, 6.45) is 26.4. The fourth-order valence-corrected chi connectivity index (χ4v) is 15.1. The normalized spacial score (nSPS) is 12.7. The second kappa shape index (κ2) is 72.1. The zero-order valence-corrected chi connectivity index (χ0v) is 94.0. The van der Waals surface area contributed by atoms with Crippen LogP contribution in [0.2, 0.25) is 0 Å². The molecule has 147 heavy (non-hydrogen) atoms. The summed E-state index contributed by atoms with van der Waals surface area (Å²) >= 11 is 29.4. The van der Waals surface area contributed by atoms with Crippen LogP contribution < -0.4 is 51.3 Å². The van der Waals surface area contributed by atoms with Crippen LogP contribution in [-0.4, -0.2) is 197 Å². The maximum absolute atomic E-state index is 12.6. The van der Waals surface area contributed by atoms with Gasteiger partial charge in [-0.2, -0.15) is 25.5 Å². The number of Topliss-reactive ketones (excluding diaryl/α,β-unsaturated/α-hetero) is 3. The number of methoxy groups -OCH3 is 5. The number of hydrogen-bond donors (Lipinski definition) is 8. The van der Waals surface area contributed by atoms with Crippen LogP contribution in [0.5, 0.6) is 34.5 Å². The molecular formula is C104H136BBr3Cl5N15O19. The quantitative estimate of drug-likeness (QED) is 0.00365. The zero-order chi connectivity index (χ0) is 108. The van der Waals surface area contributed by atoms with Crippen LogP contribution >= 0.6 is 106 Å². The molecule has 43 heteroatoms. The van der Waals surface area contributed by atoms with Gasteiger partial charge in [0.15, 0.2) is 17.2 Å². The fraction of sp³-hybridized carbons (Fsp3) is 0.413. The van der Waals surface area contributed by atoms with Crippen molar-refractivity contribution in [1.82, 2.24) is 59.5 Å². The highest BCUT2D eigenvalue weighted by Gasteiger charge is 2.25. The van der Waals surface area contributed by atoms with E-state index in [4.69, 9.17) is 73.4 Å². The summed E-state index contributed by atoms with van der Waals surface area (Å²) in [6.45, 7) is 15.7. The lowest BCUT2D eigenvalue weighted by Crippen LogP contribution is -2.37. The number of nitrogens with zero attached hydrogens (tertiary/aromatic N) is 10. The van der Waals surface area contributed by atoms with Crippen molar-refractivity contribution in [3.05, 3.63) is 233 Å². The summed E-state index contributed by atoms with van der Waals surface area (Å²) < 4.78 is 38.5. The fourth-order valence-electron chi connectivity index (χ4n) is 14.8. The number of carbonyl (C=O) groups excluding carboxylic acids is 9. The number of aromatic nitrogens is 10. The second-order valence-corrected chi connectivity index (χ2v) is 41.2. The Balaban J connectivity index is 0.000000426. The maximum Gasteiger partial charge on any atom is 0.369 e. The summed E-state index contributed by atoms with van der Waals surface area (Å²) in [6, 6.07) is 52.8. The van der Waals surface area contributed by atoms with Crippen LogP contribution in [0.1, 0.15) is 250 Å². The Labute approximate surface area is 911 Å². The molecule has 4 aliphatic carbocycles. The van der Waals surface area contributed by atoms with Gasteiger partial charge in [-0.05, 0) is 323 Å². The maximum atomic E-state index is 12.6. The number of aryl methyl sites for hydroxylation is 5. The van der Waals surface area contributed by atoms with E-state index in [-0.39, 0.29) is 75.7 Å². The summed E-state index contributed by atoms with van der Waals surface area (Å²) in [4.78, 5) is 109. The minimum absolute atomic E-state index is 0. The molecule has 0 aliphatic heterocycles. The van der Waals surface area contributed by atoms with Crippen LogP contribution in [0.15, 0.2) is 176 Å². The van der Waals surface area contributed by atoms with Gasteiger partial charge in [0.1, 0.15) is 57.4 Å². The number of nitrogens with two attached hydrogens (primary N) is 2. The molecule has 15 rings (SSSR count). The Kier molecular flexibility index (Phi) is 63.7. The number of carboxylic acids is 1. The first-order valence-electron chi connectivity index (χ1n) is 47.5. The highest BCUT2D eigenvalue weighted by Crippen LogP contribution is 2.30. The first-order valence-corrected chi connectivity index (χ1v) is 51.9. The number of alkyl halides is 1. The first-order chi connectivity index (χ1) is 69.7. The van der Waals surface area contributed by atoms with Crippen molar-refractivity contribution in [1.29, 1.82) is 0 Å².